The number of hydrogen-bond donors (Lipinski definition) is 0. The molecule has 8 heteroatoms. The summed E-state index contributed by atoms with van der Waals surface area (Å²) in [5, 5.41) is -0.320. The van der Waals surface area contributed by atoms with Crippen LogP contribution >= 0.6 is 0 Å². The van der Waals surface area contributed by atoms with Crippen LogP contribution in [-0.2, 0) is 25.4 Å². The van der Waals surface area contributed by atoms with Crippen LogP contribution in [0.25, 0.3) is 11.5 Å². The normalized spacial score (nSPS) is 18.5. The Kier molecular flexibility index (Phi) is 5.24. The van der Waals surface area contributed by atoms with Gasteiger partial charge >= 0.3 is 0 Å². The molecule has 0 aliphatic heterocycles. The van der Waals surface area contributed by atoms with E-state index in [-0.39, 0.29) is 27.2 Å². The molecular weight excluding hydrogens is 386 g/mol. The second-order valence-electron chi connectivity index (χ2n) is 8.11. The summed E-state index contributed by atoms with van der Waals surface area (Å²) in [5.41, 5.74) is 1.19. The first kappa shape index (κ1) is 20.1. The Morgan fingerprint density at radius 3 is 2.22 bits per heavy atom. The molecule has 1 aliphatic carbocycles. The van der Waals surface area contributed by atoms with Crippen LogP contribution in [0.2, 0.25) is 0 Å². The molecule has 0 N–H and O–H groups in total. The average molecular weight is 412 g/mol. The molecule has 3 rings (SSSR count). The molecule has 1 aromatic carbocycles. The van der Waals surface area contributed by atoms with E-state index in [4.69, 9.17) is 4.42 Å². The van der Waals surface area contributed by atoms with Crippen molar-refractivity contribution >= 4 is 19.7 Å². The molecule has 0 radical (unpaired) electrons. The Balaban J connectivity index is 1.72. The molecule has 1 fully saturated rings. The minimum atomic E-state index is -3.28. The molecule has 0 spiro atoms. The van der Waals surface area contributed by atoms with Gasteiger partial charge in [0.2, 0.25) is 5.89 Å². The monoisotopic (exact) mass is 411 g/mol. The van der Waals surface area contributed by atoms with Crippen molar-refractivity contribution in [2.75, 3.05) is 6.26 Å². The van der Waals surface area contributed by atoms with E-state index in [9.17, 15) is 16.8 Å². The van der Waals surface area contributed by atoms with Crippen LogP contribution in [0, 0.1) is 5.41 Å². The van der Waals surface area contributed by atoms with E-state index < -0.39 is 19.7 Å². The SMILES string of the molecule is CC1(C)CCC(S(=O)(=O)Cc2coc(-c3ccc(S(C)(=O)=O)cc3)n2)CC1. The first-order valence-electron chi connectivity index (χ1n) is 8.93. The van der Waals surface area contributed by atoms with E-state index >= 15 is 0 Å². The number of sulfone groups is 2. The molecule has 6 nitrogen and oxygen atoms in total. The highest BCUT2D eigenvalue weighted by Gasteiger charge is 2.34. The van der Waals surface area contributed by atoms with E-state index in [1.165, 1.54) is 18.4 Å². The fourth-order valence-electron chi connectivity index (χ4n) is 3.41. The van der Waals surface area contributed by atoms with Crippen molar-refractivity contribution in [3.63, 3.8) is 0 Å². The Labute approximate surface area is 160 Å². The number of hydrogen-bond acceptors (Lipinski definition) is 6. The van der Waals surface area contributed by atoms with Crippen molar-refractivity contribution in [1.29, 1.82) is 0 Å². The average Bonchev–Trinajstić information content (AvgIpc) is 3.01. The maximum atomic E-state index is 12.7. The number of oxazole rings is 1. The lowest BCUT2D eigenvalue weighted by Gasteiger charge is -2.33. The Bertz CT molecular complexity index is 1010. The summed E-state index contributed by atoms with van der Waals surface area (Å²) in [6.07, 6.45) is 5.70. The maximum absolute atomic E-state index is 12.7. The third-order valence-electron chi connectivity index (χ3n) is 5.22. The van der Waals surface area contributed by atoms with Gasteiger partial charge in [-0.3, -0.25) is 0 Å². The summed E-state index contributed by atoms with van der Waals surface area (Å²) in [5.74, 6) is 0.147. The molecule has 1 heterocycles. The lowest BCUT2D eigenvalue weighted by molar-refractivity contribution is 0.246. The van der Waals surface area contributed by atoms with Crippen molar-refractivity contribution in [1.82, 2.24) is 4.98 Å². The number of aromatic nitrogens is 1. The van der Waals surface area contributed by atoms with E-state index in [0.29, 0.717) is 24.1 Å². The van der Waals surface area contributed by atoms with Gasteiger partial charge in [-0.2, -0.15) is 0 Å². The van der Waals surface area contributed by atoms with E-state index in [0.717, 1.165) is 19.1 Å². The lowest BCUT2D eigenvalue weighted by Crippen LogP contribution is -2.31. The predicted molar refractivity (Wildman–Crippen MR) is 104 cm³/mol. The summed E-state index contributed by atoms with van der Waals surface area (Å²) in [7, 11) is -6.56. The zero-order chi connectivity index (χ0) is 19.9. The van der Waals surface area contributed by atoms with Crippen LogP contribution in [-0.4, -0.2) is 33.3 Å². The van der Waals surface area contributed by atoms with E-state index in [2.05, 4.69) is 18.8 Å². The van der Waals surface area contributed by atoms with Crippen molar-refractivity contribution < 1.29 is 21.3 Å². The predicted octanol–water partition coefficient (Wildman–Crippen LogP) is 3.63. The van der Waals surface area contributed by atoms with Crippen LogP contribution in [0.1, 0.15) is 45.2 Å². The second kappa shape index (κ2) is 7.05. The minimum absolute atomic E-state index is 0.136. The van der Waals surface area contributed by atoms with Gasteiger partial charge in [-0.05, 0) is 55.4 Å². The highest BCUT2D eigenvalue weighted by atomic mass is 32.2. The minimum Gasteiger partial charge on any atom is -0.444 e. The van der Waals surface area contributed by atoms with Gasteiger partial charge in [-0.15, -0.1) is 0 Å². The first-order chi connectivity index (χ1) is 12.5. The number of benzene rings is 1. The molecule has 0 atom stereocenters. The van der Waals surface area contributed by atoms with Gasteiger partial charge in [0.15, 0.2) is 19.7 Å². The van der Waals surface area contributed by atoms with Crippen LogP contribution < -0.4 is 0 Å². The zero-order valence-electron chi connectivity index (χ0n) is 15.8. The van der Waals surface area contributed by atoms with Gasteiger partial charge in [-0.25, -0.2) is 21.8 Å². The van der Waals surface area contributed by atoms with Crippen LogP contribution in [0.5, 0.6) is 0 Å². The molecule has 0 amide bonds. The molecule has 1 saturated carbocycles. The molecule has 0 unspecified atom stereocenters. The maximum Gasteiger partial charge on any atom is 0.226 e. The topological polar surface area (TPSA) is 94.3 Å². The van der Waals surface area contributed by atoms with Crippen molar-refractivity contribution in [3.05, 3.63) is 36.2 Å². The number of rotatable bonds is 5. The summed E-state index contributed by atoms with van der Waals surface area (Å²) >= 11 is 0. The molecule has 1 aliphatic rings. The van der Waals surface area contributed by atoms with Crippen molar-refractivity contribution in [2.45, 2.75) is 55.4 Å². The van der Waals surface area contributed by atoms with Gasteiger partial charge in [0, 0.05) is 11.8 Å². The largest absolute Gasteiger partial charge is 0.444 e. The van der Waals surface area contributed by atoms with Gasteiger partial charge in [-0.1, -0.05) is 13.8 Å². The first-order valence-corrected chi connectivity index (χ1v) is 12.5. The molecule has 0 saturated heterocycles. The molecule has 27 heavy (non-hydrogen) atoms. The van der Waals surface area contributed by atoms with Crippen LogP contribution in [0.15, 0.2) is 39.8 Å². The fourth-order valence-corrected chi connectivity index (χ4v) is 5.77. The van der Waals surface area contributed by atoms with Gasteiger partial charge < -0.3 is 4.42 Å². The Hall–Kier alpha value is -1.67. The van der Waals surface area contributed by atoms with Gasteiger partial charge in [0.1, 0.15) is 6.26 Å². The van der Waals surface area contributed by atoms with Crippen LogP contribution in [0.3, 0.4) is 0 Å². The summed E-state index contributed by atoms with van der Waals surface area (Å²) < 4.78 is 53.9. The smallest absolute Gasteiger partial charge is 0.226 e. The highest BCUT2D eigenvalue weighted by molar-refractivity contribution is 7.91. The summed E-state index contributed by atoms with van der Waals surface area (Å²) in [4.78, 5) is 4.49. The highest BCUT2D eigenvalue weighted by Crippen LogP contribution is 2.38. The quantitative estimate of drug-likeness (QED) is 0.746. The van der Waals surface area contributed by atoms with Crippen molar-refractivity contribution in [2.24, 2.45) is 5.41 Å². The van der Waals surface area contributed by atoms with Crippen LogP contribution in [0.4, 0.5) is 0 Å². The third kappa shape index (κ3) is 4.79. The lowest BCUT2D eigenvalue weighted by atomic mass is 9.77. The fraction of sp³-hybridized carbons (Fsp3) is 0.526. The van der Waals surface area contributed by atoms with Gasteiger partial charge in [0.25, 0.3) is 0 Å². The standard InChI is InChI=1S/C19H25NO5S2/c1-19(2)10-8-17(9-11-19)27(23,24)13-15-12-25-18(20-15)14-4-6-16(7-5-14)26(3,21)22/h4-7,12,17H,8-11,13H2,1-3H3. The molecule has 1 aromatic heterocycles. The van der Waals surface area contributed by atoms with Crippen molar-refractivity contribution in [3.8, 4) is 11.5 Å². The van der Waals surface area contributed by atoms with E-state index in [1.807, 2.05) is 0 Å². The molecule has 2 aromatic rings. The Morgan fingerprint density at radius 1 is 1.07 bits per heavy atom. The zero-order valence-corrected chi connectivity index (χ0v) is 17.4. The molecule has 0 bridgehead atoms. The molecule has 148 valence electrons. The third-order valence-corrected chi connectivity index (χ3v) is 8.54. The summed E-state index contributed by atoms with van der Waals surface area (Å²) in [6, 6.07) is 6.16. The second-order valence-corrected chi connectivity index (χ2v) is 12.4. The molecular formula is C19H25NO5S2. The number of nitrogens with zero attached hydrogens (tertiary/aromatic N) is 1. The van der Waals surface area contributed by atoms with Gasteiger partial charge in [0.05, 0.1) is 21.6 Å². The Morgan fingerprint density at radius 2 is 1.67 bits per heavy atom. The summed E-state index contributed by atoms with van der Waals surface area (Å²) in [6.45, 7) is 4.35. The van der Waals surface area contributed by atoms with E-state index in [1.54, 1.807) is 12.1 Å².